The minimum absolute atomic E-state index is 0. The second kappa shape index (κ2) is 30.4. The Labute approximate surface area is 230 Å². The molecule has 0 saturated heterocycles. The van der Waals surface area contributed by atoms with Gasteiger partial charge in [0.25, 0.3) is 0 Å². The van der Waals surface area contributed by atoms with Crippen molar-refractivity contribution in [2.45, 2.75) is 142 Å². The first-order valence-corrected chi connectivity index (χ1v) is 13.2. The summed E-state index contributed by atoms with van der Waals surface area (Å²) < 4.78 is 0. The number of hydrogen-bond donors (Lipinski definition) is 4. The summed E-state index contributed by atoms with van der Waals surface area (Å²) in [5.41, 5.74) is 0. The molecule has 1 atom stereocenters. The van der Waals surface area contributed by atoms with E-state index in [1.165, 1.54) is 70.6 Å². The zero-order chi connectivity index (χ0) is 25.2. The summed E-state index contributed by atoms with van der Waals surface area (Å²) >= 11 is 0. The van der Waals surface area contributed by atoms with Crippen molar-refractivity contribution in [1.82, 2.24) is 5.32 Å². The van der Waals surface area contributed by atoms with Gasteiger partial charge in [0.05, 0.1) is 0 Å². The number of nitrogens with one attached hydrogen (secondary N) is 1. The summed E-state index contributed by atoms with van der Waals surface area (Å²) in [5, 5.41) is 28.6. The molecule has 34 heavy (non-hydrogen) atoms. The van der Waals surface area contributed by atoms with Crippen LogP contribution in [0.25, 0.3) is 0 Å². The molecule has 0 heterocycles. The molecule has 0 aromatic heterocycles. The Kier molecular flexibility index (Phi) is 33.9. The molecule has 0 saturated carbocycles. The minimum atomic E-state index is -0.979. The van der Waals surface area contributed by atoms with E-state index in [4.69, 9.17) is 15.3 Å². The molecule has 0 spiro atoms. The molecular formula is C26H52NNaO6. The van der Waals surface area contributed by atoms with Crippen molar-refractivity contribution in [3.05, 3.63) is 0 Å². The fraction of sp³-hybridized carbons (Fsp3) is 0.885. The Bertz CT molecular complexity index is 476. The van der Waals surface area contributed by atoms with E-state index < -0.39 is 23.9 Å². The van der Waals surface area contributed by atoms with Gasteiger partial charge in [-0.15, -0.1) is 0 Å². The Morgan fingerprint density at radius 2 is 0.971 bits per heavy atom. The van der Waals surface area contributed by atoms with Crippen molar-refractivity contribution in [3.8, 4) is 0 Å². The van der Waals surface area contributed by atoms with Gasteiger partial charge in [0.1, 0.15) is 6.04 Å². The van der Waals surface area contributed by atoms with E-state index in [9.17, 15) is 14.4 Å². The molecule has 8 heteroatoms. The SMILES string of the molecule is CCCCCCCCCCCCCCCC(=O)O.CCCCCNC(CCC(=O)O)C(=O)O.[NaH]. The van der Waals surface area contributed by atoms with Gasteiger partial charge in [-0.05, 0) is 25.8 Å². The van der Waals surface area contributed by atoms with Crippen molar-refractivity contribution in [2.24, 2.45) is 0 Å². The first-order chi connectivity index (χ1) is 15.8. The molecular weight excluding hydrogens is 445 g/mol. The summed E-state index contributed by atoms with van der Waals surface area (Å²) in [7, 11) is 0. The van der Waals surface area contributed by atoms with E-state index in [0.717, 1.165) is 32.1 Å². The predicted octanol–water partition coefficient (Wildman–Crippen LogP) is 5.99. The summed E-state index contributed by atoms with van der Waals surface area (Å²) in [6.45, 7) is 4.96. The molecule has 0 aromatic rings. The number of carboxylic acid groups (broad SMARTS) is 3. The molecule has 0 radical (unpaired) electrons. The number of carboxylic acids is 3. The van der Waals surface area contributed by atoms with E-state index in [2.05, 4.69) is 19.2 Å². The molecule has 0 aliphatic carbocycles. The van der Waals surface area contributed by atoms with Crippen molar-refractivity contribution in [1.29, 1.82) is 0 Å². The van der Waals surface area contributed by atoms with Crippen LogP contribution in [-0.4, -0.2) is 75.4 Å². The first kappa shape index (κ1) is 37.9. The van der Waals surface area contributed by atoms with Gasteiger partial charge in [-0.2, -0.15) is 0 Å². The van der Waals surface area contributed by atoms with Crippen molar-refractivity contribution >= 4 is 47.5 Å². The van der Waals surface area contributed by atoms with Crippen LogP contribution in [0.1, 0.15) is 136 Å². The fourth-order valence-electron chi connectivity index (χ4n) is 3.53. The molecule has 0 rings (SSSR count). The van der Waals surface area contributed by atoms with E-state index in [1.807, 2.05) is 0 Å². The van der Waals surface area contributed by atoms with Crippen molar-refractivity contribution in [2.75, 3.05) is 6.54 Å². The van der Waals surface area contributed by atoms with Crippen LogP contribution in [0.15, 0.2) is 0 Å². The third kappa shape index (κ3) is 33.5. The molecule has 0 amide bonds. The Morgan fingerprint density at radius 3 is 1.35 bits per heavy atom. The maximum absolute atomic E-state index is 10.7. The van der Waals surface area contributed by atoms with Crippen molar-refractivity contribution < 1.29 is 29.7 Å². The van der Waals surface area contributed by atoms with Gasteiger partial charge >= 0.3 is 47.5 Å². The second-order valence-corrected chi connectivity index (χ2v) is 8.87. The second-order valence-electron chi connectivity index (χ2n) is 8.87. The van der Waals surface area contributed by atoms with Crippen LogP contribution < -0.4 is 5.32 Å². The Balaban J connectivity index is -0.000000558. The summed E-state index contributed by atoms with van der Waals surface area (Å²) in [5.74, 6) is -2.59. The monoisotopic (exact) mass is 497 g/mol. The van der Waals surface area contributed by atoms with Crippen LogP contribution >= 0.6 is 0 Å². The number of aliphatic carboxylic acids is 3. The summed E-state index contributed by atoms with van der Waals surface area (Å²) in [4.78, 5) is 31.3. The molecule has 198 valence electrons. The normalized spacial score (nSPS) is 11.1. The zero-order valence-corrected chi connectivity index (χ0v) is 21.3. The number of rotatable bonds is 23. The predicted molar refractivity (Wildman–Crippen MR) is 141 cm³/mol. The van der Waals surface area contributed by atoms with Crippen LogP contribution in [-0.2, 0) is 14.4 Å². The molecule has 0 aliphatic rings. The van der Waals surface area contributed by atoms with Crippen molar-refractivity contribution in [3.63, 3.8) is 0 Å². The summed E-state index contributed by atoms with van der Waals surface area (Å²) in [6.07, 6.45) is 20.3. The molecule has 1 unspecified atom stereocenters. The maximum atomic E-state index is 10.7. The Morgan fingerprint density at radius 1 is 0.588 bits per heavy atom. The Hall–Kier alpha value is -0.630. The van der Waals surface area contributed by atoms with Gasteiger partial charge in [0.2, 0.25) is 0 Å². The van der Waals surface area contributed by atoms with Crippen LogP contribution in [0.3, 0.4) is 0 Å². The average Bonchev–Trinajstić information content (AvgIpc) is 2.76. The molecule has 0 aliphatic heterocycles. The molecule has 7 nitrogen and oxygen atoms in total. The van der Waals surface area contributed by atoms with Gasteiger partial charge in [-0.25, -0.2) is 0 Å². The van der Waals surface area contributed by atoms with Gasteiger partial charge in [-0.1, -0.05) is 104 Å². The summed E-state index contributed by atoms with van der Waals surface area (Å²) in [6, 6.07) is -0.738. The van der Waals surface area contributed by atoms with E-state index in [-0.39, 0.29) is 42.4 Å². The van der Waals surface area contributed by atoms with E-state index >= 15 is 0 Å². The first-order valence-electron chi connectivity index (χ1n) is 13.2. The number of unbranched alkanes of at least 4 members (excludes halogenated alkanes) is 14. The average molecular weight is 498 g/mol. The molecule has 0 bridgehead atoms. The third-order valence-corrected chi connectivity index (χ3v) is 5.61. The molecule has 0 fully saturated rings. The zero-order valence-electron chi connectivity index (χ0n) is 21.3. The number of carbonyl (C=O) groups is 3. The number of hydrogen-bond acceptors (Lipinski definition) is 4. The van der Waals surface area contributed by atoms with Gasteiger partial charge < -0.3 is 20.6 Å². The quantitative estimate of drug-likeness (QED) is 0.101. The van der Waals surface area contributed by atoms with Crippen LogP contribution in [0, 0.1) is 0 Å². The van der Waals surface area contributed by atoms with Crippen LogP contribution in [0.4, 0.5) is 0 Å². The standard InChI is InChI=1S/C16H32O2.C10H19NO4.Na.H/c1-2-3-4-5-6-7-8-9-10-11-12-13-14-15-16(17)18;1-2-3-4-7-11-8(10(14)15)5-6-9(12)13;;/h2-15H2,1H3,(H,17,18);8,11H,2-7H2,1H3,(H,12,13)(H,14,15);;. The van der Waals surface area contributed by atoms with E-state index in [1.54, 1.807) is 0 Å². The van der Waals surface area contributed by atoms with Crippen LogP contribution in [0.5, 0.6) is 0 Å². The van der Waals surface area contributed by atoms with Gasteiger partial charge in [0, 0.05) is 12.8 Å². The van der Waals surface area contributed by atoms with Gasteiger partial charge in [-0.3, -0.25) is 14.4 Å². The van der Waals surface area contributed by atoms with Gasteiger partial charge in [0.15, 0.2) is 0 Å². The fourth-order valence-corrected chi connectivity index (χ4v) is 3.53. The molecule has 4 N–H and O–H groups in total. The van der Waals surface area contributed by atoms with Crippen LogP contribution in [0.2, 0.25) is 0 Å². The third-order valence-electron chi connectivity index (χ3n) is 5.61. The van der Waals surface area contributed by atoms with E-state index in [0.29, 0.717) is 13.0 Å². The topological polar surface area (TPSA) is 124 Å². The molecule has 0 aromatic carbocycles.